The van der Waals surface area contributed by atoms with E-state index in [1.165, 1.54) is 16.6 Å². The monoisotopic (exact) mass is 335 g/mol. The van der Waals surface area contributed by atoms with Crippen LogP contribution in [0, 0.1) is 5.92 Å². The summed E-state index contributed by atoms with van der Waals surface area (Å²) in [6.07, 6.45) is 4.80. The highest BCUT2D eigenvalue weighted by molar-refractivity contribution is 5.81. The van der Waals surface area contributed by atoms with E-state index in [2.05, 4.69) is 62.4 Å². The van der Waals surface area contributed by atoms with Gasteiger partial charge in [0.2, 0.25) is 0 Å². The molecule has 1 saturated heterocycles. The SMILES string of the molecule is CN1CCN(Cc2ccn[nH]2)C[C@@H](Cc2cccc3cccnc23)C1. The molecule has 0 bridgehead atoms. The van der Waals surface area contributed by atoms with E-state index >= 15 is 0 Å². The summed E-state index contributed by atoms with van der Waals surface area (Å²) in [6.45, 7) is 5.38. The number of likely N-dealkylation sites (N-methyl/N-ethyl adjacent to an activating group) is 1. The van der Waals surface area contributed by atoms with Crippen molar-refractivity contribution in [3.63, 3.8) is 0 Å². The van der Waals surface area contributed by atoms with E-state index in [0.717, 1.165) is 44.7 Å². The van der Waals surface area contributed by atoms with Gasteiger partial charge in [0.15, 0.2) is 0 Å². The minimum Gasteiger partial charge on any atom is -0.305 e. The number of nitrogens with zero attached hydrogens (tertiary/aromatic N) is 4. The van der Waals surface area contributed by atoms with Crippen molar-refractivity contribution < 1.29 is 0 Å². The van der Waals surface area contributed by atoms with Crippen LogP contribution in [0.15, 0.2) is 48.8 Å². The van der Waals surface area contributed by atoms with Crippen molar-refractivity contribution in [3.8, 4) is 0 Å². The van der Waals surface area contributed by atoms with Crippen molar-refractivity contribution in [1.82, 2.24) is 25.0 Å². The number of benzene rings is 1. The summed E-state index contributed by atoms with van der Waals surface area (Å²) in [5.41, 5.74) is 3.70. The van der Waals surface area contributed by atoms with Gasteiger partial charge in [0.1, 0.15) is 0 Å². The topological polar surface area (TPSA) is 48.0 Å². The molecule has 0 radical (unpaired) electrons. The average molecular weight is 335 g/mol. The fraction of sp³-hybridized carbons (Fsp3) is 0.400. The first-order valence-corrected chi connectivity index (χ1v) is 9.00. The normalized spacial score (nSPS) is 20.0. The Hall–Kier alpha value is -2.24. The number of pyridine rings is 1. The molecule has 3 aromatic rings. The van der Waals surface area contributed by atoms with E-state index in [-0.39, 0.29) is 0 Å². The molecule has 1 aromatic carbocycles. The zero-order valence-corrected chi connectivity index (χ0v) is 14.7. The van der Waals surface area contributed by atoms with Gasteiger partial charge >= 0.3 is 0 Å². The van der Waals surface area contributed by atoms with Gasteiger partial charge in [0, 0.05) is 56.2 Å². The van der Waals surface area contributed by atoms with Crippen LogP contribution in [-0.2, 0) is 13.0 Å². The van der Waals surface area contributed by atoms with Gasteiger partial charge < -0.3 is 4.90 Å². The van der Waals surface area contributed by atoms with Crippen molar-refractivity contribution in [1.29, 1.82) is 0 Å². The van der Waals surface area contributed by atoms with E-state index in [1.54, 1.807) is 0 Å². The molecule has 1 aliphatic heterocycles. The second-order valence-electron chi connectivity index (χ2n) is 7.14. The first kappa shape index (κ1) is 16.2. The molecule has 25 heavy (non-hydrogen) atoms. The number of aromatic nitrogens is 3. The zero-order chi connectivity index (χ0) is 17.1. The van der Waals surface area contributed by atoms with Crippen LogP contribution in [0.25, 0.3) is 10.9 Å². The lowest BCUT2D eigenvalue weighted by Gasteiger charge is -2.23. The van der Waals surface area contributed by atoms with Crippen molar-refractivity contribution in [2.24, 2.45) is 5.92 Å². The van der Waals surface area contributed by atoms with Crippen molar-refractivity contribution in [2.75, 3.05) is 33.2 Å². The molecule has 3 heterocycles. The van der Waals surface area contributed by atoms with Gasteiger partial charge in [-0.3, -0.25) is 15.0 Å². The first-order valence-electron chi connectivity index (χ1n) is 9.00. The quantitative estimate of drug-likeness (QED) is 0.796. The maximum Gasteiger partial charge on any atom is 0.0734 e. The highest BCUT2D eigenvalue weighted by atomic mass is 15.2. The summed E-state index contributed by atoms with van der Waals surface area (Å²) >= 11 is 0. The zero-order valence-electron chi connectivity index (χ0n) is 14.7. The maximum atomic E-state index is 4.63. The molecule has 0 amide bonds. The third kappa shape index (κ3) is 3.89. The van der Waals surface area contributed by atoms with Crippen molar-refractivity contribution in [3.05, 3.63) is 60.0 Å². The Balaban J connectivity index is 1.53. The third-order valence-electron chi connectivity index (χ3n) is 5.06. The Morgan fingerprint density at radius 1 is 1.08 bits per heavy atom. The van der Waals surface area contributed by atoms with Crippen LogP contribution in [0.2, 0.25) is 0 Å². The van der Waals surface area contributed by atoms with Crippen molar-refractivity contribution in [2.45, 2.75) is 13.0 Å². The molecule has 130 valence electrons. The number of H-pyrrole nitrogens is 1. The standard InChI is InChI=1S/C20H25N5/c1-24-10-11-25(15-19-7-9-22-23-19)14-16(13-24)12-18-5-2-4-17-6-3-8-21-20(17)18/h2-9,16H,10-15H2,1H3,(H,22,23)/t16-/m0/s1. The largest absolute Gasteiger partial charge is 0.305 e. The molecule has 1 fully saturated rings. The lowest BCUT2D eigenvalue weighted by molar-refractivity contribution is 0.246. The van der Waals surface area contributed by atoms with E-state index in [4.69, 9.17) is 0 Å². The van der Waals surface area contributed by atoms with Crippen LogP contribution in [0.4, 0.5) is 0 Å². The second-order valence-corrected chi connectivity index (χ2v) is 7.14. The predicted molar refractivity (Wildman–Crippen MR) is 100 cm³/mol. The molecular weight excluding hydrogens is 310 g/mol. The summed E-state index contributed by atoms with van der Waals surface area (Å²) in [6, 6.07) is 12.8. The molecule has 2 aromatic heterocycles. The summed E-state index contributed by atoms with van der Waals surface area (Å²) in [5, 5.41) is 8.40. The van der Waals surface area contributed by atoms with Gasteiger partial charge in [-0.15, -0.1) is 0 Å². The van der Waals surface area contributed by atoms with Crippen LogP contribution in [0.5, 0.6) is 0 Å². The average Bonchev–Trinajstić information content (AvgIpc) is 3.06. The van der Waals surface area contributed by atoms with Crippen LogP contribution in [0.3, 0.4) is 0 Å². The molecule has 0 spiro atoms. The van der Waals surface area contributed by atoms with Crippen molar-refractivity contribution >= 4 is 10.9 Å². The molecule has 0 unspecified atom stereocenters. The van der Waals surface area contributed by atoms with Gasteiger partial charge in [-0.25, -0.2) is 0 Å². The number of hydrogen-bond donors (Lipinski definition) is 1. The maximum absolute atomic E-state index is 4.63. The number of fused-ring (bicyclic) bond motifs is 1. The van der Waals surface area contributed by atoms with Gasteiger partial charge in [-0.05, 0) is 37.1 Å². The summed E-state index contributed by atoms with van der Waals surface area (Å²) in [4.78, 5) is 9.62. The van der Waals surface area contributed by atoms with E-state index in [9.17, 15) is 0 Å². The minimum absolute atomic E-state index is 0.600. The summed E-state index contributed by atoms with van der Waals surface area (Å²) in [5.74, 6) is 0.600. The second kappa shape index (κ2) is 7.33. The van der Waals surface area contributed by atoms with E-state index in [0.29, 0.717) is 5.92 Å². The lowest BCUT2D eigenvalue weighted by Crippen LogP contribution is -2.30. The van der Waals surface area contributed by atoms with Gasteiger partial charge in [-0.1, -0.05) is 24.3 Å². The van der Waals surface area contributed by atoms with Crippen LogP contribution in [-0.4, -0.2) is 58.2 Å². The molecule has 5 nitrogen and oxygen atoms in total. The molecule has 0 aliphatic carbocycles. The van der Waals surface area contributed by atoms with Crippen LogP contribution in [0.1, 0.15) is 11.3 Å². The molecule has 1 atom stereocenters. The smallest absolute Gasteiger partial charge is 0.0734 e. The molecule has 4 rings (SSSR count). The Kier molecular flexibility index (Phi) is 4.76. The Bertz CT molecular complexity index is 809. The summed E-state index contributed by atoms with van der Waals surface area (Å²) in [7, 11) is 2.23. The highest BCUT2D eigenvalue weighted by Gasteiger charge is 2.22. The Labute approximate surface area is 148 Å². The Morgan fingerprint density at radius 2 is 2.00 bits per heavy atom. The predicted octanol–water partition coefficient (Wildman–Crippen LogP) is 2.56. The molecule has 1 N–H and O–H groups in total. The molecule has 1 aliphatic rings. The van der Waals surface area contributed by atoms with E-state index < -0.39 is 0 Å². The highest BCUT2D eigenvalue weighted by Crippen LogP contribution is 2.21. The van der Waals surface area contributed by atoms with Crippen LogP contribution < -0.4 is 0 Å². The number of rotatable bonds is 4. The molecular formula is C20H25N5. The fourth-order valence-electron chi connectivity index (χ4n) is 3.89. The van der Waals surface area contributed by atoms with Crippen LogP contribution >= 0.6 is 0 Å². The number of hydrogen-bond acceptors (Lipinski definition) is 4. The lowest BCUT2D eigenvalue weighted by atomic mass is 9.96. The van der Waals surface area contributed by atoms with E-state index in [1.807, 2.05) is 18.5 Å². The minimum atomic E-state index is 0.600. The first-order chi connectivity index (χ1) is 12.3. The summed E-state index contributed by atoms with van der Waals surface area (Å²) < 4.78 is 0. The van der Waals surface area contributed by atoms with Gasteiger partial charge in [-0.2, -0.15) is 5.10 Å². The van der Waals surface area contributed by atoms with Gasteiger partial charge in [0.05, 0.1) is 5.52 Å². The number of aromatic amines is 1. The third-order valence-corrected chi connectivity index (χ3v) is 5.06. The van der Waals surface area contributed by atoms with Gasteiger partial charge in [0.25, 0.3) is 0 Å². The Morgan fingerprint density at radius 3 is 2.88 bits per heavy atom. The number of nitrogens with one attached hydrogen (secondary N) is 1. The molecule has 0 saturated carbocycles. The fourth-order valence-corrected chi connectivity index (χ4v) is 3.89. The molecule has 5 heteroatoms. The number of para-hydroxylation sites is 1.